The first-order chi connectivity index (χ1) is 18.6. The van der Waals surface area contributed by atoms with E-state index in [0.29, 0.717) is 38.9 Å². The van der Waals surface area contributed by atoms with E-state index in [4.69, 9.17) is 11.6 Å². The van der Waals surface area contributed by atoms with E-state index >= 15 is 0 Å². The topological polar surface area (TPSA) is 82.6 Å². The van der Waals surface area contributed by atoms with Gasteiger partial charge in [-0.25, -0.2) is 8.78 Å². The maximum absolute atomic E-state index is 14.7. The number of benzene rings is 1. The quantitative estimate of drug-likeness (QED) is 0.556. The predicted octanol–water partition coefficient (Wildman–Crippen LogP) is 4.41. The fraction of sp³-hybridized carbons (Fsp3) is 0.448. The highest BCUT2D eigenvalue weighted by Crippen LogP contribution is 2.39. The molecule has 3 amide bonds. The van der Waals surface area contributed by atoms with Crippen LogP contribution in [0.5, 0.6) is 0 Å². The maximum atomic E-state index is 14.7. The summed E-state index contributed by atoms with van der Waals surface area (Å²) in [6.07, 6.45) is 5.15. The zero-order valence-corrected chi connectivity index (χ0v) is 22.7. The van der Waals surface area contributed by atoms with Crippen LogP contribution in [0.3, 0.4) is 0 Å². The number of nitrogens with one attached hydrogen (secondary N) is 1. The highest BCUT2D eigenvalue weighted by Gasteiger charge is 2.46. The molecular formula is C29H31ClF2N4O3. The molecule has 10 heteroatoms. The molecule has 3 aliphatic heterocycles. The molecule has 0 radical (unpaired) electrons. The summed E-state index contributed by atoms with van der Waals surface area (Å²) in [5.41, 5.74) is 1.23. The van der Waals surface area contributed by atoms with Crippen molar-refractivity contribution in [2.45, 2.75) is 51.0 Å². The third-order valence-electron chi connectivity index (χ3n) is 8.27. The monoisotopic (exact) mass is 556 g/mol. The van der Waals surface area contributed by atoms with Crippen molar-refractivity contribution in [3.05, 3.63) is 70.0 Å². The molecule has 0 aliphatic carbocycles. The van der Waals surface area contributed by atoms with Gasteiger partial charge in [0.15, 0.2) is 5.82 Å². The van der Waals surface area contributed by atoms with Crippen molar-refractivity contribution in [3.63, 3.8) is 0 Å². The molecule has 1 fully saturated rings. The van der Waals surface area contributed by atoms with Crippen LogP contribution in [-0.4, -0.2) is 58.7 Å². The van der Waals surface area contributed by atoms with Gasteiger partial charge in [-0.3, -0.25) is 19.4 Å². The molecule has 3 aliphatic rings. The standard InChI is InChI=1S/C29H31ClF2N4O3/c1-17-4-3-5-24(36-11-9-19(12-25(36)38)26-22(31)7-6-21(30)27(26)32)23-13-20(8-10-33-23)29(14-34-28(17)39)15-35(16-29)18(2)37/h6-8,10,12-13,17,24H,3-5,9,11,14-16H2,1-2H3,(H,34,39). The number of fused-ring (bicyclic) bond motifs is 3. The predicted molar refractivity (Wildman–Crippen MR) is 143 cm³/mol. The summed E-state index contributed by atoms with van der Waals surface area (Å²) >= 11 is 5.88. The van der Waals surface area contributed by atoms with Gasteiger partial charge in [-0.15, -0.1) is 0 Å². The van der Waals surface area contributed by atoms with Crippen LogP contribution in [0.2, 0.25) is 5.02 Å². The number of likely N-dealkylation sites (tertiary alicyclic amines) is 1. The molecule has 2 bridgehead atoms. The minimum absolute atomic E-state index is 0.0207. The number of nitrogens with zero attached hydrogens (tertiary/aromatic N) is 3. The minimum Gasteiger partial charge on any atom is -0.355 e. The molecule has 1 N–H and O–H groups in total. The van der Waals surface area contributed by atoms with Gasteiger partial charge >= 0.3 is 0 Å². The number of carbonyl (C=O) groups excluding carboxylic acids is 3. The average Bonchev–Trinajstić information content (AvgIpc) is 2.88. The lowest BCUT2D eigenvalue weighted by atomic mass is 9.73. The summed E-state index contributed by atoms with van der Waals surface area (Å²) in [6.45, 7) is 5.04. The summed E-state index contributed by atoms with van der Waals surface area (Å²) < 4.78 is 29.2. The Hall–Kier alpha value is -3.33. The van der Waals surface area contributed by atoms with Crippen LogP contribution >= 0.6 is 11.6 Å². The fourth-order valence-corrected chi connectivity index (χ4v) is 6.05. The molecule has 1 aromatic heterocycles. The van der Waals surface area contributed by atoms with E-state index in [0.717, 1.165) is 23.4 Å². The molecule has 206 valence electrons. The minimum atomic E-state index is -0.873. The third kappa shape index (κ3) is 5.16. The molecule has 2 aromatic rings. The number of aromatic nitrogens is 1. The van der Waals surface area contributed by atoms with Gasteiger partial charge in [0, 0.05) is 56.7 Å². The number of carbonyl (C=O) groups is 3. The van der Waals surface area contributed by atoms with Crippen LogP contribution in [0, 0.1) is 17.6 Å². The van der Waals surface area contributed by atoms with E-state index in [1.807, 2.05) is 19.1 Å². The Morgan fingerprint density at radius 2 is 1.95 bits per heavy atom. The summed E-state index contributed by atoms with van der Waals surface area (Å²) in [5, 5.41) is 2.89. The molecule has 2 atom stereocenters. The Labute approximate surface area is 231 Å². The number of rotatable bonds is 2. The van der Waals surface area contributed by atoms with Crippen molar-refractivity contribution in [2.75, 3.05) is 26.2 Å². The second kappa shape index (κ2) is 10.7. The van der Waals surface area contributed by atoms with Gasteiger partial charge in [-0.1, -0.05) is 24.9 Å². The van der Waals surface area contributed by atoms with Crippen LogP contribution in [0.1, 0.15) is 62.4 Å². The lowest BCUT2D eigenvalue weighted by Crippen LogP contribution is -2.65. The number of hydrogen-bond donors (Lipinski definition) is 1. The normalized spacial score (nSPS) is 23.4. The van der Waals surface area contributed by atoms with Crippen LogP contribution in [0.25, 0.3) is 5.57 Å². The molecule has 1 saturated heterocycles. The van der Waals surface area contributed by atoms with Crippen molar-refractivity contribution < 1.29 is 23.2 Å². The van der Waals surface area contributed by atoms with Crippen molar-refractivity contribution in [3.8, 4) is 0 Å². The molecule has 39 heavy (non-hydrogen) atoms. The Bertz CT molecular complexity index is 1360. The van der Waals surface area contributed by atoms with Crippen LogP contribution < -0.4 is 5.32 Å². The van der Waals surface area contributed by atoms with E-state index in [1.54, 1.807) is 16.0 Å². The highest BCUT2D eigenvalue weighted by atomic mass is 35.5. The first kappa shape index (κ1) is 27.2. The average molecular weight is 557 g/mol. The number of pyridine rings is 1. The van der Waals surface area contributed by atoms with Gasteiger partial charge in [0.1, 0.15) is 5.82 Å². The van der Waals surface area contributed by atoms with Gasteiger partial charge < -0.3 is 15.1 Å². The van der Waals surface area contributed by atoms with E-state index in [-0.39, 0.29) is 58.8 Å². The van der Waals surface area contributed by atoms with E-state index in [1.165, 1.54) is 13.0 Å². The Morgan fingerprint density at radius 1 is 1.18 bits per heavy atom. The summed E-state index contributed by atoms with van der Waals surface area (Å²) in [7, 11) is 0. The van der Waals surface area contributed by atoms with Crippen molar-refractivity contribution in [1.29, 1.82) is 0 Å². The van der Waals surface area contributed by atoms with Gasteiger partial charge in [0.05, 0.1) is 22.3 Å². The summed E-state index contributed by atoms with van der Waals surface area (Å²) in [4.78, 5) is 46.3. The van der Waals surface area contributed by atoms with E-state index < -0.39 is 17.0 Å². The molecule has 1 aromatic carbocycles. The van der Waals surface area contributed by atoms with Gasteiger partial charge in [0.25, 0.3) is 0 Å². The Balaban J connectivity index is 1.49. The van der Waals surface area contributed by atoms with Gasteiger partial charge in [-0.05, 0) is 54.7 Å². The second-order valence-electron chi connectivity index (χ2n) is 10.9. The molecule has 7 nitrogen and oxygen atoms in total. The first-order valence-corrected chi connectivity index (χ1v) is 13.6. The third-order valence-corrected chi connectivity index (χ3v) is 8.57. The van der Waals surface area contributed by atoms with Crippen molar-refractivity contribution >= 4 is 34.9 Å². The molecule has 4 heterocycles. The Kier molecular flexibility index (Phi) is 7.46. The summed E-state index contributed by atoms with van der Waals surface area (Å²) in [5.74, 6) is -2.26. The van der Waals surface area contributed by atoms with Gasteiger partial charge in [-0.2, -0.15) is 0 Å². The smallest absolute Gasteiger partial charge is 0.247 e. The van der Waals surface area contributed by atoms with Gasteiger partial charge in [0.2, 0.25) is 17.7 Å². The maximum Gasteiger partial charge on any atom is 0.247 e. The van der Waals surface area contributed by atoms with E-state index in [9.17, 15) is 23.2 Å². The van der Waals surface area contributed by atoms with Crippen molar-refractivity contribution in [2.24, 2.45) is 5.92 Å². The fourth-order valence-electron chi connectivity index (χ4n) is 5.89. The Morgan fingerprint density at radius 3 is 2.67 bits per heavy atom. The molecule has 2 unspecified atom stereocenters. The number of hydrogen-bond acceptors (Lipinski definition) is 4. The molecule has 5 rings (SSSR count). The van der Waals surface area contributed by atoms with Crippen LogP contribution in [-0.2, 0) is 19.8 Å². The lowest BCUT2D eigenvalue weighted by Gasteiger charge is -2.50. The summed E-state index contributed by atoms with van der Waals surface area (Å²) in [6, 6.07) is 5.76. The molecular weight excluding hydrogens is 526 g/mol. The van der Waals surface area contributed by atoms with E-state index in [2.05, 4.69) is 10.3 Å². The number of amides is 3. The zero-order valence-electron chi connectivity index (χ0n) is 22.0. The molecule has 1 spiro atoms. The second-order valence-corrected chi connectivity index (χ2v) is 11.3. The van der Waals surface area contributed by atoms with Crippen LogP contribution in [0.4, 0.5) is 8.78 Å². The number of halogens is 3. The van der Waals surface area contributed by atoms with Crippen LogP contribution in [0.15, 0.2) is 36.5 Å². The molecule has 0 saturated carbocycles. The SMILES string of the molecule is CC(=O)N1CC2(CNC(=O)C(C)CCCC(N3CCC(c4c(F)ccc(Cl)c4F)=CC3=O)c3cc2ccn3)C1. The lowest BCUT2D eigenvalue weighted by molar-refractivity contribution is -0.137. The highest BCUT2D eigenvalue weighted by molar-refractivity contribution is 6.31. The largest absolute Gasteiger partial charge is 0.355 e. The first-order valence-electron chi connectivity index (χ1n) is 13.2. The van der Waals surface area contributed by atoms with Crippen molar-refractivity contribution in [1.82, 2.24) is 20.1 Å². The zero-order chi connectivity index (χ0) is 27.9.